The fraction of sp³-hybridized carbons (Fsp3) is 0.150. The Balaban J connectivity index is 2.02. The number of methoxy groups -OCH3 is 2. The van der Waals surface area contributed by atoms with Crippen molar-refractivity contribution < 1.29 is 19.0 Å². The van der Waals surface area contributed by atoms with Crippen molar-refractivity contribution in [2.45, 2.75) is 0 Å². The van der Waals surface area contributed by atoms with Crippen molar-refractivity contribution in [2.24, 2.45) is 0 Å². The molecule has 2 aromatic carbocycles. The maximum atomic E-state index is 12.0. The number of carbonyl (C=O) groups excluding carboxylic acids is 1. The Morgan fingerprint density at radius 1 is 1.04 bits per heavy atom. The molecule has 0 radical (unpaired) electrons. The molecule has 0 spiro atoms. The fourth-order valence-corrected chi connectivity index (χ4v) is 2.16. The molecule has 7 heteroatoms. The standard InChI is InChI=1S/C20H17N3O4/c1-25-17-6-4-16(5-7-17)23-20(24)13-27-18-8-3-14(10-19(18)26-2)9-15(11-21)12-22/h3-10H,13H2,1-2H3,(H,23,24). The first-order valence-electron chi connectivity index (χ1n) is 7.86. The number of allylic oxidation sites excluding steroid dienone is 1. The minimum Gasteiger partial charge on any atom is -0.497 e. The predicted molar refractivity (Wildman–Crippen MR) is 99.3 cm³/mol. The lowest BCUT2D eigenvalue weighted by molar-refractivity contribution is -0.118. The molecule has 0 saturated heterocycles. The number of carbonyl (C=O) groups is 1. The van der Waals surface area contributed by atoms with Crippen LogP contribution in [0.4, 0.5) is 5.69 Å². The molecule has 0 bridgehead atoms. The van der Waals surface area contributed by atoms with Crippen molar-refractivity contribution >= 4 is 17.7 Å². The SMILES string of the molecule is COc1ccc(NC(=O)COc2ccc(C=C(C#N)C#N)cc2OC)cc1. The Labute approximate surface area is 157 Å². The number of nitrogens with zero attached hydrogens (tertiary/aromatic N) is 2. The van der Waals surface area contributed by atoms with Crippen LogP contribution in [0.25, 0.3) is 6.08 Å². The molecular formula is C20H17N3O4. The van der Waals surface area contributed by atoms with Crippen LogP contribution in [0.2, 0.25) is 0 Å². The Hall–Kier alpha value is -3.97. The lowest BCUT2D eigenvalue weighted by Crippen LogP contribution is -2.20. The third kappa shape index (κ3) is 5.52. The summed E-state index contributed by atoms with van der Waals surface area (Å²) in [7, 11) is 3.03. The third-order valence-corrected chi connectivity index (χ3v) is 3.47. The molecule has 27 heavy (non-hydrogen) atoms. The average molecular weight is 363 g/mol. The molecular weight excluding hydrogens is 346 g/mol. The fourth-order valence-electron chi connectivity index (χ4n) is 2.16. The minimum atomic E-state index is -0.331. The van der Waals surface area contributed by atoms with Crippen molar-refractivity contribution in [2.75, 3.05) is 26.1 Å². The van der Waals surface area contributed by atoms with Gasteiger partial charge in [0.1, 0.15) is 23.5 Å². The van der Waals surface area contributed by atoms with Crippen LogP contribution in [-0.2, 0) is 4.79 Å². The van der Waals surface area contributed by atoms with E-state index in [0.717, 1.165) is 0 Å². The molecule has 0 heterocycles. The number of rotatable bonds is 7. The lowest BCUT2D eigenvalue weighted by Gasteiger charge is -2.12. The van der Waals surface area contributed by atoms with Crippen LogP contribution < -0.4 is 19.5 Å². The Morgan fingerprint density at radius 3 is 2.33 bits per heavy atom. The predicted octanol–water partition coefficient (Wildman–Crippen LogP) is 3.15. The van der Waals surface area contributed by atoms with E-state index in [4.69, 9.17) is 24.7 Å². The van der Waals surface area contributed by atoms with Crippen molar-refractivity contribution in [1.82, 2.24) is 0 Å². The normalized spacial score (nSPS) is 9.33. The van der Waals surface area contributed by atoms with Crippen molar-refractivity contribution in [3.05, 3.63) is 53.6 Å². The summed E-state index contributed by atoms with van der Waals surface area (Å²) in [4.78, 5) is 12.0. The summed E-state index contributed by atoms with van der Waals surface area (Å²) < 4.78 is 15.8. The van der Waals surface area contributed by atoms with E-state index in [-0.39, 0.29) is 18.1 Å². The molecule has 0 aliphatic carbocycles. The molecule has 0 atom stereocenters. The Bertz CT molecular complexity index is 906. The summed E-state index contributed by atoms with van der Waals surface area (Å²) in [6, 6.07) is 15.4. The Kier molecular flexibility index (Phi) is 6.81. The van der Waals surface area contributed by atoms with Gasteiger partial charge >= 0.3 is 0 Å². The van der Waals surface area contributed by atoms with Crippen LogP contribution in [0.15, 0.2) is 48.0 Å². The number of nitrogens with one attached hydrogen (secondary N) is 1. The highest BCUT2D eigenvalue weighted by Crippen LogP contribution is 2.29. The number of hydrogen-bond acceptors (Lipinski definition) is 6. The highest BCUT2D eigenvalue weighted by molar-refractivity contribution is 5.91. The number of ether oxygens (including phenoxy) is 3. The van der Waals surface area contributed by atoms with E-state index in [1.54, 1.807) is 61.7 Å². The second-order valence-corrected chi connectivity index (χ2v) is 5.26. The van der Waals surface area contributed by atoms with Gasteiger partial charge in [-0.05, 0) is 48.0 Å². The van der Waals surface area contributed by atoms with Gasteiger partial charge in [-0.2, -0.15) is 10.5 Å². The average Bonchev–Trinajstić information content (AvgIpc) is 2.71. The highest BCUT2D eigenvalue weighted by Gasteiger charge is 2.09. The first-order chi connectivity index (χ1) is 13.1. The van der Waals surface area contributed by atoms with E-state index in [0.29, 0.717) is 28.5 Å². The molecule has 1 N–H and O–H groups in total. The van der Waals surface area contributed by atoms with Gasteiger partial charge in [-0.1, -0.05) is 6.07 Å². The lowest BCUT2D eigenvalue weighted by atomic mass is 10.1. The number of hydrogen-bond donors (Lipinski definition) is 1. The molecule has 1 amide bonds. The van der Waals surface area contributed by atoms with Gasteiger partial charge in [0.15, 0.2) is 18.1 Å². The van der Waals surface area contributed by atoms with Gasteiger partial charge in [0, 0.05) is 5.69 Å². The summed E-state index contributed by atoms with van der Waals surface area (Å²) in [5.41, 5.74) is 1.21. The molecule has 7 nitrogen and oxygen atoms in total. The smallest absolute Gasteiger partial charge is 0.262 e. The zero-order valence-electron chi connectivity index (χ0n) is 14.9. The van der Waals surface area contributed by atoms with Crippen LogP contribution >= 0.6 is 0 Å². The maximum Gasteiger partial charge on any atom is 0.262 e. The molecule has 136 valence electrons. The summed E-state index contributed by atoms with van der Waals surface area (Å²) in [6.07, 6.45) is 1.43. The molecule has 0 aromatic heterocycles. The molecule has 0 fully saturated rings. The topological polar surface area (TPSA) is 104 Å². The van der Waals surface area contributed by atoms with E-state index in [9.17, 15) is 4.79 Å². The third-order valence-electron chi connectivity index (χ3n) is 3.47. The van der Waals surface area contributed by atoms with Crippen LogP contribution in [0, 0.1) is 22.7 Å². The molecule has 2 rings (SSSR count). The maximum absolute atomic E-state index is 12.0. The van der Waals surface area contributed by atoms with E-state index in [1.165, 1.54) is 13.2 Å². The Morgan fingerprint density at radius 2 is 1.74 bits per heavy atom. The van der Waals surface area contributed by atoms with Crippen LogP contribution in [-0.4, -0.2) is 26.7 Å². The van der Waals surface area contributed by atoms with Crippen molar-refractivity contribution in [3.8, 4) is 29.4 Å². The van der Waals surface area contributed by atoms with E-state index in [2.05, 4.69) is 5.32 Å². The second-order valence-electron chi connectivity index (χ2n) is 5.26. The van der Waals surface area contributed by atoms with Gasteiger partial charge in [0.25, 0.3) is 5.91 Å². The summed E-state index contributed by atoms with van der Waals surface area (Å²) in [5, 5.41) is 20.3. The van der Waals surface area contributed by atoms with Gasteiger partial charge in [-0.3, -0.25) is 4.79 Å². The second kappa shape index (κ2) is 9.50. The molecule has 2 aromatic rings. The van der Waals surface area contributed by atoms with E-state index in [1.807, 2.05) is 0 Å². The van der Waals surface area contributed by atoms with Gasteiger partial charge in [-0.25, -0.2) is 0 Å². The summed E-state index contributed by atoms with van der Waals surface area (Å²) in [6.45, 7) is -0.209. The van der Waals surface area contributed by atoms with Crippen LogP contribution in [0.5, 0.6) is 17.2 Å². The van der Waals surface area contributed by atoms with Gasteiger partial charge in [0.2, 0.25) is 0 Å². The van der Waals surface area contributed by atoms with Crippen molar-refractivity contribution in [3.63, 3.8) is 0 Å². The summed E-state index contributed by atoms with van der Waals surface area (Å²) in [5.74, 6) is 1.12. The zero-order chi connectivity index (χ0) is 19.6. The molecule has 0 aliphatic rings. The highest BCUT2D eigenvalue weighted by atomic mass is 16.5. The quantitative estimate of drug-likeness (QED) is 0.758. The largest absolute Gasteiger partial charge is 0.497 e. The molecule has 0 unspecified atom stereocenters. The van der Waals surface area contributed by atoms with Gasteiger partial charge < -0.3 is 19.5 Å². The van der Waals surface area contributed by atoms with Crippen molar-refractivity contribution in [1.29, 1.82) is 10.5 Å². The molecule has 0 aliphatic heterocycles. The first-order valence-corrected chi connectivity index (χ1v) is 7.86. The first kappa shape index (κ1) is 19.4. The van der Waals surface area contributed by atoms with E-state index < -0.39 is 0 Å². The number of benzene rings is 2. The van der Waals surface area contributed by atoms with E-state index >= 15 is 0 Å². The van der Waals surface area contributed by atoms with Crippen LogP contribution in [0.1, 0.15) is 5.56 Å². The van der Waals surface area contributed by atoms with Crippen LogP contribution in [0.3, 0.4) is 0 Å². The van der Waals surface area contributed by atoms with Gasteiger partial charge in [-0.15, -0.1) is 0 Å². The monoisotopic (exact) mass is 363 g/mol. The number of anilines is 1. The zero-order valence-corrected chi connectivity index (χ0v) is 14.9. The molecule has 0 saturated carbocycles. The minimum absolute atomic E-state index is 0.0235. The number of nitriles is 2. The van der Waals surface area contributed by atoms with Gasteiger partial charge in [0.05, 0.1) is 14.2 Å². The summed E-state index contributed by atoms with van der Waals surface area (Å²) >= 11 is 0. The number of amides is 1.